The molecule has 0 aromatic carbocycles. The van der Waals surface area contributed by atoms with Crippen LogP contribution >= 0.6 is 0 Å². The lowest BCUT2D eigenvalue weighted by molar-refractivity contribution is 0.218. The number of aromatic nitrogens is 1. The van der Waals surface area contributed by atoms with E-state index in [4.69, 9.17) is 5.73 Å². The Balaban J connectivity index is 1.95. The molecule has 14 heavy (non-hydrogen) atoms. The van der Waals surface area contributed by atoms with E-state index in [-0.39, 0.29) is 0 Å². The zero-order valence-corrected chi connectivity index (χ0v) is 8.45. The van der Waals surface area contributed by atoms with E-state index in [1.165, 1.54) is 32.4 Å². The molecule has 1 aromatic rings. The Morgan fingerprint density at radius 2 is 2.07 bits per heavy atom. The van der Waals surface area contributed by atoms with Gasteiger partial charge in [0.15, 0.2) is 0 Å². The van der Waals surface area contributed by atoms with Crippen molar-refractivity contribution in [3.05, 3.63) is 24.0 Å². The Kier molecular flexibility index (Phi) is 2.99. The molecular formula is C11H17N3. The average Bonchev–Trinajstić information content (AvgIpc) is 2.19. The molecule has 0 unspecified atom stereocenters. The minimum Gasteiger partial charge on any atom is -0.399 e. The highest BCUT2D eigenvalue weighted by Gasteiger charge is 2.10. The summed E-state index contributed by atoms with van der Waals surface area (Å²) in [4.78, 5) is 6.76. The fourth-order valence-electron chi connectivity index (χ4n) is 1.93. The third-order valence-electron chi connectivity index (χ3n) is 2.67. The average molecular weight is 191 g/mol. The molecule has 1 fully saturated rings. The lowest BCUT2D eigenvalue weighted by Crippen LogP contribution is -2.29. The van der Waals surface area contributed by atoms with E-state index in [0.29, 0.717) is 0 Å². The first-order chi connectivity index (χ1) is 6.84. The van der Waals surface area contributed by atoms with Crippen molar-refractivity contribution >= 4 is 5.69 Å². The van der Waals surface area contributed by atoms with Gasteiger partial charge in [0, 0.05) is 18.4 Å². The number of anilines is 1. The van der Waals surface area contributed by atoms with E-state index < -0.39 is 0 Å². The number of pyridine rings is 1. The monoisotopic (exact) mass is 191 g/mol. The van der Waals surface area contributed by atoms with Gasteiger partial charge in [-0.1, -0.05) is 6.42 Å². The Bertz CT molecular complexity index is 292. The van der Waals surface area contributed by atoms with Gasteiger partial charge in [-0.2, -0.15) is 0 Å². The van der Waals surface area contributed by atoms with E-state index in [9.17, 15) is 0 Å². The van der Waals surface area contributed by atoms with Crippen molar-refractivity contribution in [1.82, 2.24) is 9.88 Å². The summed E-state index contributed by atoms with van der Waals surface area (Å²) in [5.74, 6) is 0. The fraction of sp³-hybridized carbons (Fsp3) is 0.545. The van der Waals surface area contributed by atoms with Gasteiger partial charge in [-0.25, -0.2) is 0 Å². The highest BCUT2D eigenvalue weighted by Crippen LogP contribution is 2.12. The van der Waals surface area contributed by atoms with E-state index in [1.807, 2.05) is 12.1 Å². The van der Waals surface area contributed by atoms with Crippen molar-refractivity contribution in [2.45, 2.75) is 25.8 Å². The smallest absolute Gasteiger partial charge is 0.0564 e. The van der Waals surface area contributed by atoms with Gasteiger partial charge >= 0.3 is 0 Å². The number of nitrogens with zero attached hydrogens (tertiary/aromatic N) is 2. The number of nitrogens with two attached hydrogens (primary N) is 1. The molecule has 0 saturated carbocycles. The minimum absolute atomic E-state index is 0.812. The molecule has 0 aliphatic carbocycles. The first kappa shape index (κ1) is 9.46. The number of piperidine rings is 1. The maximum absolute atomic E-state index is 5.71. The summed E-state index contributed by atoms with van der Waals surface area (Å²) >= 11 is 0. The Morgan fingerprint density at radius 1 is 1.29 bits per heavy atom. The summed E-state index contributed by atoms with van der Waals surface area (Å²) < 4.78 is 0. The van der Waals surface area contributed by atoms with Crippen LogP contribution in [0.4, 0.5) is 5.69 Å². The van der Waals surface area contributed by atoms with Crippen LogP contribution in [0.2, 0.25) is 0 Å². The molecular weight excluding hydrogens is 174 g/mol. The van der Waals surface area contributed by atoms with Gasteiger partial charge < -0.3 is 5.73 Å². The van der Waals surface area contributed by atoms with Crippen molar-refractivity contribution < 1.29 is 0 Å². The summed E-state index contributed by atoms with van der Waals surface area (Å²) in [7, 11) is 0. The number of nitrogen functional groups attached to an aromatic ring is 1. The lowest BCUT2D eigenvalue weighted by Gasteiger charge is -2.25. The van der Waals surface area contributed by atoms with Crippen LogP contribution in [0.25, 0.3) is 0 Å². The summed E-state index contributed by atoms with van der Waals surface area (Å²) in [6, 6.07) is 3.80. The summed E-state index contributed by atoms with van der Waals surface area (Å²) in [6.07, 6.45) is 5.81. The number of likely N-dealkylation sites (tertiary alicyclic amines) is 1. The molecule has 0 spiro atoms. The number of hydrogen-bond acceptors (Lipinski definition) is 3. The first-order valence-electron chi connectivity index (χ1n) is 5.27. The van der Waals surface area contributed by atoms with Crippen LogP contribution < -0.4 is 5.73 Å². The van der Waals surface area contributed by atoms with Gasteiger partial charge in [-0.3, -0.25) is 9.88 Å². The third kappa shape index (κ3) is 2.45. The highest BCUT2D eigenvalue weighted by molar-refractivity contribution is 5.37. The normalized spacial score (nSPS) is 18.3. The number of hydrogen-bond donors (Lipinski definition) is 1. The van der Waals surface area contributed by atoms with Crippen molar-refractivity contribution in [3.8, 4) is 0 Å². The molecule has 0 bridgehead atoms. The first-order valence-corrected chi connectivity index (χ1v) is 5.27. The molecule has 76 valence electrons. The predicted molar refractivity (Wildman–Crippen MR) is 57.8 cm³/mol. The standard InChI is InChI=1S/C11H17N3/c12-10-4-5-13-11(8-10)9-14-6-2-1-3-7-14/h4-5,8H,1-3,6-7,9H2,(H2,12,13). The van der Waals surface area contributed by atoms with Crippen LogP contribution in [0.3, 0.4) is 0 Å². The van der Waals surface area contributed by atoms with Gasteiger partial charge in [0.2, 0.25) is 0 Å². The zero-order chi connectivity index (χ0) is 9.80. The molecule has 1 saturated heterocycles. The van der Waals surface area contributed by atoms with Crippen LogP contribution in [-0.4, -0.2) is 23.0 Å². The van der Waals surface area contributed by atoms with Crippen LogP contribution in [0.15, 0.2) is 18.3 Å². The highest BCUT2D eigenvalue weighted by atomic mass is 15.1. The largest absolute Gasteiger partial charge is 0.399 e. The molecule has 2 rings (SSSR count). The summed E-state index contributed by atoms with van der Waals surface area (Å²) in [6.45, 7) is 3.36. The molecule has 2 heterocycles. The maximum Gasteiger partial charge on any atom is 0.0564 e. The van der Waals surface area contributed by atoms with Crippen LogP contribution in [0.5, 0.6) is 0 Å². The van der Waals surface area contributed by atoms with E-state index in [0.717, 1.165) is 17.9 Å². The van der Waals surface area contributed by atoms with Gasteiger partial charge in [0.05, 0.1) is 5.69 Å². The molecule has 1 aromatic heterocycles. The predicted octanol–water partition coefficient (Wildman–Crippen LogP) is 1.65. The SMILES string of the molecule is Nc1ccnc(CN2CCCCC2)c1. The Hall–Kier alpha value is -1.09. The van der Waals surface area contributed by atoms with Crippen LogP contribution in [0.1, 0.15) is 25.0 Å². The van der Waals surface area contributed by atoms with Crippen molar-refractivity contribution in [2.75, 3.05) is 18.8 Å². The van der Waals surface area contributed by atoms with Crippen LogP contribution in [0, 0.1) is 0 Å². The molecule has 1 aliphatic heterocycles. The van der Waals surface area contributed by atoms with Gasteiger partial charge in [-0.05, 0) is 38.1 Å². The second-order valence-corrected chi connectivity index (χ2v) is 3.92. The zero-order valence-electron chi connectivity index (χ0n) is 8.45. The second-order valence-electron chi connectivity index (χ2n) is 3.92. The van der Waals surface area contributed by atoms with Gasteiger partial charge in [-0.15, -0.1) is 0 Å². The van der Waals surface area contributed by atoms with Crippen molar-refractivity contribution in [1.29, 1.82) is 0 Å². The second kappa shape index (κ2) is 4.42. The fourth-order valence-corrected chi connectivity index (χ4v) is 1.93. The lowest BCUT2D eigenvalue weighted by atomic mass is 10.1. The summed E-state index contributed by atoms with van der Waals surface area (Å²) in [5, 5.41) is 0. The third-order valence-corrected chi connectivity index (χ3v) is 2.67. The Labute approximate surface area is 84.9 Å². The van der Waals surface area contributed by atoms with Gasteiger partial charge in [0.1, 0.15) is 0 Å². The molecule has 1 aliphatic rings. The maximum atomic E-state index is 5.71. The van der Waals surface area contributed by atoms with E-state index in [1.54, 1.807) is 6.20 Å². The molecule has 0 amide bonds. The summed E-state index contributed by atoms with van der Waals surface area (Å²) in [5.41, 5.74) is 7.61. The van der Waals surface area contributed by atoms with Crippen molar-refractivity contribution in [2.24, 2.45) is 0 Å². The minimum atomic E-state index is 0.812. The molecule has 3 heteroatoms. The van der Waals surface area contributed by atoms with E-state index >= 15 is 0 Å². The quantitative estimate of drug-likeness (QED) is 0.773. The molecule has 0 atom stereocenters. The van der Waals surface area contributed by atoms with Gasteiger partial charge in [0.25, 0.3) is 0 Å². The molecule has 0 radical (unpaired) electrons. The Morgan fingerprint density at radius 3 is 2.79 bits per heavy atom. The molecule has 3 nitrogen and oxygen atoms in total. The van der Waals surface area contributed by atoms with Crippen molar-refractivity contribution in [3.63, 3.8) is 0 Å². The topological polar surface area (TPSA) is 42.1 Å². The van der Waals surface area contributed by atoms with Crippen LogP contribution in [-0.2, 0) is 6.54 Å². The van der Waals surface area contributed by atoms with E-state index in [2.05, 4.69) is 9.88 Å². The molecule has 2 N–H and O–H groups in total. The number of rotatable bonds is 2.